The fourth-order valence-corrected chi connectivity index (χ4v) is 1.62. The van der Waals surface area contributed by atoms with Gasteiger partial charge >= 0.3 is 0 Å². The monoisotopic (exact) mass is 217 g/mol. The maximum Gasteiger partial charge on any atom is 0.0138 e. The summed E-state index contributed by atoms with van der Waals surface area (Å²) in [7, 11) is 0. The molecule has 1 rings (SSSR count). The molecule has 0 bridgehead atoms. The zero-order valence-corrected chi connectivity index (χ0v) is 10.3. The number of hydrogen-bond acceptors (Lipinski definition) is 1. The fourth-order valence-electron chi connectivity index (χ4n) is 1.62. The summed E-state index contributed by atoms with van der Waals surface area (Å²) in [5.41, 5.74) is 1.27. The van der Waals surface area contributed by atoms with Crippen molar-refractivity contribution in [3.63, 3.8) is 0 Å². The number of nitrogens with one attached hydrogen (secondary N) is 1. The topological polar surface area (TPSA) is 12.0 Å². The number of unbranched alkanes of at least 4 members (excludes halogenated alkanes) is 3. The van der Waals surface area contributed by atoms with E-state index in [4.69, 9.17) is 0 Å². The third-order valence-electron chi connectivity index (χ3n) is 2.58. The van der Waals surface area contributed by atoms with Crippen LogP contribution >= 0.6 is 0 Å². The lowest BCUT2D eigenvalue weighted by atomic mass is 10.2. The van der Waals surface area contributed by atoms with Crippen LogP contribution in [0.1, 0.15) is 38.2 Å². The molecule has 88 valence electrons. The van der Waals surface area contributed by atoms with Crippen molar-refractivity contribution < 1.29 is 0 Å². The zero-order valence-electron chi connectivity index (χ0n) is 10.3. The first-order valence-electron chi connectivity index (χ1n) is 6.36. The van der Waals surface area contributed by atoms with Crippen LogP contribution in [-0.2, 0) is 0 Å². The Balaban J connectivity index is 2.01. The van der Waals surface area contributed by atoms with E-state index in [9.17, 15) is 0 Å². The molecule has 0 aromatic heterocycles. The van der Waals surface area contributed by atoms with E-state index in [1.54, 1.807) is 0 Å². The van der Waals surface area contributed by atoms with E-state index in [2.05, 4.69) is 48.7 Å². The first-order valence-corrected chi connectivity index (χ1v) is 6.36. The molecule has 1 nitrogen and oxygen atoms in total. The molecule has 0 spiro atoms. The molecule has 0 aliphatic rings. The number of hydrogen-bond donors (Lipinski definition) is 1. The molecule has 0 aliphatic carbocycles. The van der Waals surface area contributed by atoms with Crippen LogP contribution in [0.25, 0.3) is 6.08 Å². The van der Waals surface area contributed by atoms with Crippen molar-refractivity contribution in [2.75, 3.05) is 13.1 Å². The smallest absolute Gasteiger partial charge is 0.0138 e. The van der Waals surface area contributed by atoms with Gasteiger partial charge in [0.15, 0.2) is 0 Å². The Labute approximate surface area is 99.6 Å². The Kier molecular flexibility index (Phi) is 7.44. The largest absolute Gasteiger partial charge is 0.313 e. The number of rotatable bonds is 8. The summed E-state index contributed by atoms with van der Waals surface area (Å²) < 4.78 is 0. The highest BCUT2D eigenvalue weighted by Gasteiger charge is 1.86. The molecule has 0 amide bonds. The summed E-state index contributed by atoms with van der Waals surface area (Å²) in [5.74, 6) is 0. The SMILES string of the molecule is CCCCCCNCC=Cc1ccccc1. The van der Waals surface area contributed by atoms with Crippen molar-refractivity contribution in [1.82, 2.24) is 5.32 Å². The second kappa shape index (κ2) is 9.17. The Morgan fingerprint density at radius 3 is 2.62 bits per heavy atom. The van der Waals surface area contributed by atoms with E-state index in [1.165, 1.54) is 31.2 Å². The molecule has 1 heteroatoms. The molecule has 1 aromatic carbocycles. The second-order valence-corrected chi connectivity index (χ2v) is 4.08. The molecule has 0 saturated heterocycles. The van der Waals surface area contributed by atoms with Crippen LogP contribution in [0.2, 0.25) is 0 Å². The summed E-state index contributed by atoms with van der Waals surface area (Å²) in [5, 5.41) is 3.43. The molecular formula is C15H23N. The molecule has 0 fully saturated rings. The van der Waals surface area contributed by atoms with Crippen molar-refractivity contribution in [2.24, 2.45) is 0 Å². The van der Waals surface area contributed by atoms with Crippen LogP contribution in [0.5, 0.6) is 0 Å². The Hall–Kier alpha value is -1.08. The van der Waals surface area contributed by atoms with E-state index < -0.39 is 0 Å². The van der Waals surface area contributed by atoms with Crippen LogP contribution in [0.4, 0.5) is 0 Å². The van der Waals surface area contributed by atoms with E-state index in [-0.39, 0.29) is 0 Å². The second-order valence-electron chi connectivity index (χ2n) is 4.08. The first-order chi connectivity index (χ1) is 7.93. The van der Waals surface area contributed by atoms with Crippen molar-refractivity contribution in [3.05, 3.63) is 42.0 Å². The predicted octanol–water partition coefficient (Wildman–Crippen LogP) is 3.87. The van der Waals surface area contributed by atoms with Gasteiger partial charge in [0.2, 0.25) is 0 Å². The molecule has 0 aliphatic heterocycles. The number of benzene rings is 1. The van der Waals surface area contributed by atoms with Gasteiger partial charge < -0.3 is 5.32 Å². The minimum absolute atomic E-state index is 0.973. The van der Waals surface area contributed by atoms with Crippen LogP contribution in [0.15, 0.2) is 36.4 Å². The van der Waals surface area contributed by atoms with Crippen LogP contribution in [-0.4, -0.2) is 13.1 Å². The van der Waals surface area contributed by atoms with Gasteiger partial charge in [-0.1, -0.05) is 68.7 Å². The average Bonchev–Trinajstić information content (AvgIpc) is 2.34. The summed E-state index contributed by atoms with van der Waals surface area (Å²) in [6, 6.07) is 10.4. The third-order valence-corrected chi connectivity index (χ3v) is 2.58. The van der Waals surface area contributed by atoms with Gasteiger partial charge in [0.1, 0.15) is 0 Å². The van der Waals surface area contributed by atoms with Crippen molar-refractivity contribution in [3.8, 4) is 0 Å². The predicted molar refractivity (Wildman–Crippen MR) is 72.5 cm³/mol. The molecule has 0 heterocycles. The summed E-state index contributed by atoms with van der Waals surface area (Å²) in [4.78, 5) is 0. The van der Waals surface area contributed by atoms with E-state index in [0.29, 0.717) is 0 Å². The molecule has 0 unspecified atom stereocenters. The maximum atomic E-state index is 3.43. The Morgan fingerprint density at radius 2 is 1.88 bits per heavy atom. The molecule has 16 heavy (non-hydrogen) atoms. The highest BCUT2D eigenvalue weighted by Crippen LogP contribution is 2.00. The minimum atomic E-state index is 0.973. The van der Waals surface area contributed by atoms with Gasteiger partial charge in [0.25, 0.3) is 0 Å². The van der Waals surface area contributed by atoms with Gasteiger partial charge in [-0.2, -0.15) is 0 Å². The van der Waals surface area contributed by atoms with Crippen LogP contribution in [0.3, 0.4) is 0 Å². The van der Waals surface area contributed by atoms with Crippen LogP contribution < -0.4 is 5.32 Å². The highest BCUT2D eigenvalue weighted by atomic mass is 14.8. The molecule has 0 radical (unpaired) electrons. The van der Waals surface area contributed by atoms with Gasteiger partial charge in [-0.3, -0.25) is 0 Å². The molecule has 0 saturated carbocycles. The molecule has 0 atom stereocenters. The summed E-state index contributed by atoms with van der Waals surface area (Å²) in [6.07, 6.45) is 9.68. The minimum Gasteiger partial charge on any atom is -0.313 e. The summed E-state index contributed by atoms with van der Waals surface area (Å²) >= 11 is 0. The lowest BCUT2D eigenvalue weighted by Crippen LogP contribution is -2.14. The van der Waals surface area contributed by atoms with Gasteiger partial charge in [-0.15, -0.1) is 0 Å². The quantitative estimate of drug-likeness (QED) is 0.652. The molecule has 1 aromatic rings. The van der Waals surface area contributed by atoms with Gasteiger partial charge in [0, 0.05) is 6.54 Å². The third kappa shape index (κ3) is 6.41. The highest BCUT2D eigenvalue weighted by molar-refractivity contribution is 5.48. The zero-order chi connectivity index (χ0) is 11.5. The van der Waals surface area contributed by atoms with Gasteiger partial charge in [-0.05, 0) is 18.5 Å². The normalized spacial score (nSPS) is 11.1. The van der Waals surface area contributed by atoms with Gasteiger partial charge in [-0.25, -0.2) is 0 Å². The molecule has 1 N–H and O–H groups in total. The average molecular weight is 217 g/mol. The van der Waals surface area contributed by atoms with Gasteiger partial charge in [0.05, 0.1) is 0 Å². The van der Waals surface area contributed by atoms with E-state index >= 15 is 0 Å². The Morgan fingerprint density at radius 1 is 1.06 bits per heavy atom. The molecular weight excluding hydrogens is 194 g/mol. The van der Waals surface area contributed by atoms with E-state index in [1.807, 2.05) is 6.07 Å². The van der Waals surface area contributed by atoms with E-state index in [0.717, 1.165) is 13.1 Å². The van der Waals surface area contributed by atoms with Crippen molar-refractivity contribution in [1.29, 1.82) is 0 Å². The summed E-state index contributed by atoms with van der Waals surface area (Å²) in [6.45, 7) is 4.36. The van der Waals surface area contributed by atoms with Crippen molar-refractivity contribution >= 4 is 6.08 Å². The lowest BCUT2D eigenvalue weighted by Gasteiger charge is -2.00. The Bertz CT molecular complexity index is 277. The maximum absolute atomic E-state index is 3.43. The lowest BCUT2D eigenvalue weighted by molar-refractivity contribution is 0.621. The van der Waals surface area contributed by atoms with Crippen LogP contribution in [0, 0.1) is 0 Å². The standard InChI is InChI=1S/C15H23N/c1-2-3-4-8-13-16-14-9-12-15-10-6-5-7-11-15/h5-7,9-12,16H,2-4,8,13-14H2,1H3. The fraction of sp³-hybridized carbons (Fsp3) is 0.467. The van der Waals surface area contributed by atoms with Crippen molar-refractivity contribution in [2.45, 2.75) is 32.6 Å². The first kappa shape index (κ1) is 13.0.